The first kappa shape index (κ1) is 26.4. The average molecular weight is 618 g/mol. The van der Waals surface area contributed by atoms with Crippen molar-refractivity contribution < 1.29 is 21.1 Å². The van der Waals surface area contributed by atoms with E-state index in [0.717, 1.165) is 34.7 Å². The molecule has 33 heavy (non-hydrogen) atoms. The van der Waals surface area contributed by atoms with Gasteiger partial charge in [-0.15, -0.1) is 70.8 Å². The smallest absolute Gasteiger partial charge is 0.378 e. The second kappa shape index (κ2) is 13.0. The van der Waals surface area contributed by atoms with Crippen LogP contribution in [0.1, 0.15) is 16.7 Å². The van der Waals surface area contributed by atoms with Crippen LogP contribution in [0.4, 0.5) is 5.69 Å². The zero-order valence-electron chi connectivity index (χ0n) is 19.8. The molecule has 0 amide bonds. The standard InChI is InChI=1S/2C14H15N2.Pt/c1-11-5-4-6-12(9-11)14-10-13(16(2)3)7-8-15-14;1-11-4-3-5-13(8-11)14-9-12(10-15-2)6-7-16-14;/h4-5,7-10H,1-3H3;3-4,6-9,15H,10H2,1-2H3;/q2*-1;+2. The minimum atomic E-state index is 0. The Balaban J connectivity index is 0.000000227. The normalized spacial score (nSPS) is 9.97. The van der Waals surface area contributed by atoms with Crippen molar-refractivity contribution in [2.24, 2.45) is 0 Å². The molecule has 0 atom stereocenters. The molecule has 0 spiro atoms. The molecule has 0 saturated heterocycles. The van der Waals surface area contributed by atoms with Crippen LogP contribution in [-0.2, 0) is 27.6 Å². The maximum atomic E-state index is 4.38. The average Bonchev–Trinajstić information content (AvgIpc) is 2.80. The third kappa shape index (κ3) is 7.92. The van der Waals surface area contributed by atoms with E-state index in [0.29, 0.717) is 0 Å². The van der Waals surface area contributed by atoms with Gasteiger partial charge in [0.15, 0.2) is 0 Å². The van der Waals surface area contributed by atoms with Gasteiger partial charge in [-0.1, -0.05) is 26.0 Å². The van der Waals surface area contributed by atoms with Gasteiger partial charge >= 0.3 is 21.1 Å². The van der Waals surface area contributed by atoms with Crippen molar-refractivity contribution in [3.8, 4) is 22.5 Å². The van der Waals surface area contributed by atoms with E-state index in [1.54, 1.807) is 0 Å². The van der Waals surface area contributed by atoms with Gasteiger partial charge in [-0.3, -0.25) is 0 Å². The van der Waals surface area contributed by atoms with Gasteiger partial charge in [0.1, 0.15) is 0 Å². The molecular formula is C28H30N4Pt. The number of pyridine rings is 2. The number of aryl methyl sites for hydroxylation is 2. The van der Waals surface area contributed by atoms with E-state index in [9.17, 15) is 0 Å². The summed E-state index contributed by atoms with van der Waals surface area (Å²) < 4.78 is 0. The van der Waals surface area contributed by atoms with Crippen molar-refractivity contribution in [3.05, 3.63) is 102 Å². The summed E-state index contributed by atoms with van der Waals surface area (Å²) in [6, 6.07) is 26.8. The Hall–Kier alpha value is -2.81. The second-order valence-corrected chi connectivity index (χ2v) is 7.93. The SMILES string of the molecule is CNCc1ccnc(-c2[c-]ccc(C)c2)c1.Cc1cc[c-]c(-c2cc(N(C)C)ccn2)c1.[Pt+2]. The Kier molecular flexibility index (Phi) is 10.4. The summed E-state index contributed by atoms with van der Waals surface area (Å²) in [6.07, 6.45) is 3.68. The number of rotatable bonds is 5. The fraction of sp³-hybridized carbons (Fsp3) is 0.214. The van der Waals surface area contributed by atoms with Crippen LogP contribution in [0.2, 0.25) is 0 Å². The van der Waals surface area contributed by atoms with Gasteiger partial charge in [0, 0.05) is 38.7 Å². The number of hydrogen-bond acceptors (Lipinski definition) is 4. The molecule has 4 aromatic rings. The number of aromatic nitrogens is 2. The van der Waals surface area contributed by atoms with Gasteiger partial charge in [0.25, 0.3) is 0 Å². The monoisotopic (exact) mass is 617 g/mol. The van der Waals surface area contributed by atoms with Crippen LogP contribution in [0.3, 0.4) is 0 Å². The van der Waals surface area contributed by atoms with E-state index >= 15 is 0 Å². The van der Waals surface area contributed by atoms with Crippen LogP contribution >= 0.6 is 0 Å². The van der Waals surface area contributed by atoms with Crippen LogP contribution in [-0.4, -0.2) is 31.1 Å². The molecule has 0 aliphatic rings. The summed E-state index contributed by atoms with van der Waals surface area (Å²) in [7, 11) is 6.00. The molecule has 0 aliphatic heterocycles. The molecule has 4 nitrogen and oxygen atoms in total. The van der Waals surface area contributed by atoms with Crippen molar-refractivity contribution in [1.82, 2.24) is 15.3 Å². The molecule has 0 radical (unpaired) electrons. The number of benzene rings is 2. The van der Waals surface area contributed by atoms with Gasteiger partial charge in [-0.05, 0) is 36.1 Å². The Labute approximate surface area is 212 Å². The minimum absolute atomic E-state index is 0. The summed E-state index contributed by atoms with van der Waals surface area (Å²) in [5, 5.41) is 3.14. The predicted molar refractivity (Wildman–Crippen MR) is 134 cm³/mol. The van der Waals surface area contributed by atoms with Crippen LogP contribution in [0.5, 0.6) is 0 Å². The third-order valence-electron chi connectivity index (χ3n) is 4.93. The third-order valence-corrected chi connectivity index (χ3v) is 4.93. The summed E-state index contributed by atoms with van der Waals surface area (Å²) >= 11 is 0. The van der Waals surface area contributed by atoms with E-state index in [4.69, 9.17) is 0 Å². The topological polar surface area (TPSA) is 41.1 Å². The maximum absolute atomic E-state index is 4.38. The van der Waals surface area contributed by atoms with Crippen molar-refractivity contribution in [2.75, 3.05) is 26.0 Å². The fourth-order valence-electron chi connectivity index (χ4n) is 3.24. The van der Waals surface area contributed by atoms with E-state index in [1.165, 1.54) is 16.7 Å². The van der Waals surface area contributed by atoms with Crippen molar-refractivity contribution in [3.63, 3.8) is 0 Å². The Bertz CT molecular complexity index is 1160. The first-order valence-corrected chi connectivity index (χ1v) is 10.7. The Morgan fingerprint density at radius 2 is 1.33 bits per heavy atom. The first-order valence-electron chi connectivity index (χ1n) is 10.7. The number of hydrogen-bond donors (Lipinski definition) is 1. The molecule has 0 unspecified atom stereocenters. The van der Waals surface area contributed by atoms with Gasteiger partial charge in [-0.25, -0.2) is 0 Å². The van der Waals surface area contributed by atoms with E-state index < -0.39 is 0 Å². The van der Waals surface area contributed by atoms with Crippen molar-refractivity contribution >= 4 is 5.69 Å². The molecule has 172 valence electrons. The van der Waals surface area contributed by atoms with Gasteiger partial charge in [0.2, 0.25) is 0 Å². The van der Waals surface area contributed by atoms with Crippen molar-refractivity contribution in [2.45, 2.75) is 20.4 Å². The Morgan fingerprint density at radius 3 is 1.85 bits per heavy atom. The van der Waals surface area contributed by atoms with E-state index in [2.05, 4.69) is 70.4 Å². The number of nitrogens with one attached hydrogen (secondary N) is 1. The largest absolute Gasteiger partial charge is 2.00 e. The molecule has 1 N–H and O–H groups in total. The molecule has 0 bridgehead atoms. The molecule has 0 saturated carbocycles. The van der Waals surface area contributed by atoms with Crippen LogP contribution in [0.25, 0.3) is 22.5 Å². The zero-order chi connectivity index (χ0) is 22.9. The molecule has 0 aliphatic carbocycles. The van der Waals surface area contributed by atoms with Crippen molar-refractivity contribution in [1.29, 1.82) is 0 Å². The van der Waals surface area contributed by atoms with E-state index in [1.807, 2.05) is 69.9 Å². The molecule has 0 fully saturated rings. The van der Waals surface area contributed by atoms with Crippen LogP contribution in [0.15, 0.2) is 73.1 Å². The van der Waals surface area contributed by atoms with Gasteiger partial charge in [-0.2, -0.15) is 0 Å². The molecule has 2 aromatic heterocycles. The van der Waals surface area contributed by atoms with Crippen LogP contribution in [0, 0.1) is 26.0 Å². The number of anilines is 1. The summed E-state index contributed by atoms with van der Waals surface area (Å²) in [4.78, 5) is 10.8. The molecular weight excluding hydrogens is 587 g/mol. The molecule has 2 aromatic carbocycles. The first-order chi connectivity index (χ1) is 15.5. The zero-order valence-corrected chi connectivity index (χ0v) is 22.1. The summed E-state index contributed by atoms with van der Waals surface area (Å²) in [5.41, 5.74) is 8.90. The quantitative estimate of drug-likeness (QED) is 0.301. The van der Waals surface area contributed by atoms with Gasteiger partial charge < -0.3 is 20.2 Å². The summed E-state index contributed by atoms with van der Waals surface area (Å²) in [6.45, 7) is 5.02. The maximum Gasteiger partial charge on any atom is 2.00 e. The van der Waals surface area contributed by atoms with Crippen LogP contribution < -0.4 is 10.2 Å². The molecule has 5 heteroatoms. The second-order valence-electron chi connectivity index (χ2n) is 7.93. The molecule has 4 rings (SSSR count). The Morgan fingerprint density at radius 1 is 0.788 bits per heavy atom. The number of nitrogens with zero attached hydrogens (tertiary/aromatic N) is 3. The predicted octanol–water partition coefficient (Wildman–Crippen LogP) is 5.50. The minimum Gasteiger partial charge on any atom is -0.378 e. The van der Waals surface area contributed by atoms with E-state index in [-0.39, 0.29) is 21.1 Å². The fourth-order valence-corrected chi connectivity index (χ4v) is 3.24. The van der Waals surface area contributed by atoms with Gasteiger partial charge in [0.05, 0.1) is 0 Å². The molecule has 2 heterocycles. The summed E-state index contributed by atoms with van der Waals surface area (Å²) in [5.74, 6) is 0.